The first kappa shape index (κ1) is 13.8. The minimum Gasteiger partial charge on any atom is -0.329 e. The molecular formula is C8H10BrClF2N2. The van der Waals surface area contributed by atoms with Gasteiger partial charge >= 0.3 is 0 Å². The van der Waals surface area contributed by atoms with E-state index < -0.39 is 17.7 Å². The lowest BCUT2D eigenvalue weighted by molar-refractivity contribution is 0.527. The minimum absolute atomic E-state index is 0. The van der Waals surface area contributed by atoms with Gasteiger partial charge in [0.05, 0.1) is 0 Å². The van der Waals surface area contributed by atoms with E-state index in [4.69, 9.17) is 11.5 Å². The summed E-state index contributed by atoms with van der Waals surface area (Å²) in [6, 6.07) is 1.52. The van der Waals surface area contributed by atoms with Gasteiger partial charge in [0.15, 0.2) is 0 Å². The maximum atomic E-state index is 13.1. The highest BCUT2D eigenvalue weighted by Crippen LogP contribution is 2.22. The maximum Gasteiger partial charge on any atom is 0.132 e. The third-order valence-electron chi connectivity index (χ3n) is 1.67. The van der Waals surface area contributed by atoms with Crippen molar-refractivity contribution in [3.05, 3.63) is 33.8 Å². The van der Waals surface area contributed by atoms with Gasteiger partial charge in [0.2, 0.25) is 0 Å². The van der Waals surface area contributed by atoms with E-state index in [1.54, 1.807) is 0 Å². The standard InChI is InChI=1S/C8H9BrF2N2.ClH/c9-4-1-5(10)8(6(11)2-4)7(13)3-12;/h1-2,7H,3,12-13H2;1H/t7-;/m1./s1. The molecule has 0 radical (unpaired) electrons. The Morgan fingerprint density at radius 1 is 1.29 bits per heavy atom. The van der Waals surface area contributed by atoms with Gasteiger partial charge in [-0.1, -0.05) is 15.9 Å². The molecule has 1 rings (SSSR count). The number of hydrogen-bond acceptors (Lipinski definition) is 2. The minimum atomic E-state index is -0.798. The Bertz CT molecular complexity index is 299. The molecule has 80 valence electrons. The summed E-state index contributed by atoms with van der Waals surface area (Å²) >= 11 is 2.97. The van der Waals surface area contributed by atoms with Crippen molar-refractivity contribution in [1.82, 2.24) is 0 Å². The molecular weight excluding hydrogens is 277 g/mol. The maximum absolute atomic E-state index is 13.1. The van der Waals surface area contributed by atoms with Gasteiger partial charge < -0.3 is 11.5 Å². The Morgan fingerprint density at radius 3 is 2.07 bits per heavy atom. The van der Waals surface area contributed by atoms with Crippen LogP contribution in [0.1, 0.15) is 11.6 Å². The molecule has 1 aromatic carbocycles. The fourth-order valence-corrected chi connectivity index (χ4v) is 1.43. The highest BCUT2D eigenvalue weighted by Gasteiger charge is 2.15. The third-order valence-corrected chi connectivity index (χ3v) is 2.13. The molecule has 0 unspecified atom stereocenters. The van der Waals surface area contributed by atoms with Crippen molar-refractivity contribution in [1.29, 1.82) is 0 Å². The van der Waals surface area contributed by atoms with Gasteiger partial charge in [-0.3, -0.25) is 0 Å². The zero-order valence-electron chi connectivity index (χ0n) is 7.14. The fraction of sp³-hybridized carbons (Fsp3) is 0.250. The Morgan fingerprint density at radius 2 is 1.71 bits per heavy atom. The van der Waals surface area contributed by atoms with E-state index in [-0.39, 0.29) is 24.5 Å². The average molecular weight is 288 g/mol. The molecule has 2 nitrogen and oxygen atoms in total. The second-order valence-electron chi connectivity index (χ2n) is 2.63. The highest BCUT2D eigenvalue weighted by molar-refractivity contribution is 9.10. The Hall–Kier alpha value is -0.230. The topological polar surface area (TPSA) is 52.0 Å². The van der Waals surface area contributed by atoms with Crippen molar-refractivity contribution in [3.63, 3.8) is 0 Å². The van der Waals surface area contributed by atoms with Gasteiger partial charge in [0.1, 0.15) is 11.6 Å². The first-order valence-corrected chi connectivity index (χ1v) is 4.45. The molecule has 1 atom stereocenters. The smallest absolute Gasteiger partial charge is 0.132 e. The molecule has 0 heterocycles. The summed E-state index contributed by atoms with van der Waals surface area (Å²) in [6.45, 7) is 0.00940. The van der Waals surface area contributed by atoms with E-state index in [0.29, 0.717) is 4.47 Å². The molecule has 0 aromatic heterocycles. The van der Waals surface area contributed by atoms with E-state index in [1.807, 2.05) is 0 Å². The lowest BCUT2D eigenvalue weighted by atomic mass is 10.1. The Kier molecular flexibility index (Phi) is 5.51. The molecule has 0 saturated heterocycles. The van der Waals surface area contributed by atoms with Crippen LogP contribution in [0, 0.1) is 11.6 Å². The van der Waals surface area contributed by atoms with Crippen LogP contribution in [0.4, 0.5) is 8.78 Å². The lowest BCUT2D eigenvalue weighted by Crippen LogP contribution is -2.23. The van der Waals surface area contributed by atoms with Crippen molar-refractivity contribution in [3.8, 4) is 0 Å². The highest BCUT2D eigenvalue weighted by atomic mass is 79.9. The average Bonchev–Trinajstić information content (AvgIpc) is 2.02. The summed E-state index contributed by atoms with van der Waals surface area (Å²) in [5.41, 5.74) is 10.5. The molecule has 0 fully saturated rings. The largest absolute Gasteiger partial charge is 0.329 e. The second-order valence-corrected chi connectivity index (χ2v) is 3.54. The van der Waals surface area contributed by atoms with E-state index in [2.05, 4.69) is 15.9 Å². The lowest BCUT2D eigenvalue weighted by Gasteiger charge is -2.11. The zero-order chi connectivity index (χ0) is 10.0. The molecule has 14 heavy (non-hydrogen) atoms. The van der Waals surface area contributed by atoms with Crippen molar-refractivity contribution in [2.24, 2.45) is 11.5 Å². The van der Waals surface area contributed by atoms with E-state index >= 15 is 0 Å². The molecule has 0 bridgehead atoms. The number of nitrogens with two attached hydrogens (primary N) is 2. The molecule has 4 N–H and O–H groups in total. The quantitative estimate of drug-likeness (QED) is 0.875. The SMILES string of the molecule is Cl.NC[C@@H](N)c1c(F)cc(Br)cc1F. The molecule has 0 aliphatic heterocycles. The van der Waals surface area contributed by atoms with Crippen LogP contribution in [0.25, 0.3) is 0 Å². The van der Waals surface area contributed by atoms with Crippen LogP contribution in [0.3, 0.4) is 0 Å². The third kappa shape index (κ3) is 2.88. The van der Waals surface area contributed by atoms with Crippen LogP contribution in [-0.2, 0) is 0 Å². The number of rotatable bonds is 2. The van der Waals surface area contributed by atoms with Crippen LogP contribution in [0.2, 0.25) is 0 Å². The van der Waals surface area contributed by atoms with Gasteiger partial charge in [-0.2, -0.15) is 0 Å². The Balaban J connectivity index is 0.00000169. The first-order valence-electron chi connectivity index (χ1n) is 3.66. The van der Waals surface area contributed by atoms with Gasteiger partial charge in [-0.15, -0.1) is 12.4 Å². The molecule has 1 aromatic rings. The molecule has 0 saturated carbocycles. The van der Waals surface area contributed by atoms with Crippen molar-refractivity contribution in [2.75, 3.05) is 6.54 Å². The molecule has 0 aliphatic carbocycles. The predicted molar refractivity (Wildman–Crippen MR) is 57.3 cm³/mol. The number of halogens is 4. The van der Waals surface area contributed by atoms with Gasteiger partial charge in [0, 0.05) is 22.6 Å². The van der Waals surface area contributed by atoms with E-state index in [0.717, 1.165) is 12.1 Å². The van der Waals surface area contributed by atoms with Gasteiger partial charge in [-0.25, -0.2) is 8.78 Å². The summed E-state index contributed by atoms with van der Waals surface area (Å²) in [6.07, 6.45) is 0. The van der Waals surface area contributed by atoms with Crippen LogP contribution in [0.15, 0.2) is 16.6 Å². The summed E-state index contributed by atoms with van der Waals surface area (Å²) in [7, 11) is 0. The predicted octanol–water partition coefficient (Wildman–Crippen LogP) is 2.11. The zero-order valence-corrected chi connectivity index (χ0v) is 9.54. The molecule has 0 spiro atoms. The van der Waals surface area contributed by atoms with Crippen LogP contribution in [0.5, 0.6) is 0 Å². The van der Waals surface area contributed by atoms with Crippen molar-refractivity contribution < 1.29 is 8.78 Å². The van der Waals surface area contributed by atoms with E-state index in [9.17, 15) is 8.78 Å². The Labute approximate surface area is 95.2 Å². The summed E-state index contributed by atoms with van der Waals surface area (Å²) in [5.74, 6) is -1.35. The van der Waals surface area contributed by atoms with Crippen LogP contribution < -0.4 is 11.5 Å². The summed E-state index contributed by atoms with van der Waals surface area (Å²) in [5, 5.41) is 0. The van der Waals surface area contributed by atoms with Crippen LogP contribution >= 0.6 is 28.3 Å². The number of hydrogen-bond donors (Lipinski definition) is 2. The monoisotopic (exact) mass is 286 g/mol. The van der Waals surface area contributed by atoms with Crippen molar-refractivity contribution in [2.45, 2.75) is 6.04 Å². The number of benzene rings is 1. The summed E-state index contributed by atoms with van der Waals surface area (Å²) in [4.78, 5) is 0. The second kappa shape index (κ2) is 5.60. The van der Waals surface area contributed by atoms with Gasteiger partial charge in [-0.05, 0) is 12.1 Å². The summed E-state index contributed by atoms with van der Waals surface area (Å²) < 4.78 is 26.6. The normalized spacial score (nSPS) is 12.1. The molecule has 0 aliphatic rings. The fourth-order valence-electron chi connectivity index (χ4n) is 1.03. The van der Waals surface area contributed by atoms with Crippen molar-refractivity contribution >= 4 is 28.3 Å². The van der Waals surface area contributed by atoms with Crippen LogP contribution in [-0.4, -0.2) is 6.54 Å². The van der Waals surface area contributed by atoms with Gasteiger partial charge in [0.25, 0.3) is 0 Å². The first-order chi connectivity index (χ1) is 6.06. The molecule has 0 amide bonds. The van der Waals surface area contributed by atoms with E-state index in [1.165, 1.54) is 0 Å². The molecule has 6 heteroatoms.